The lowest BCUT2D eigenvalue weighted by Gasteiger charge is -2.12. The van der Waals surface area contributed by atoms with Crippen molar-refractivity contribution in [2.24, 2.45) is 0 Å². The Balaban J connectivity index is 1.72. The summed E-state index contributed by atoms with van der Waals surface area (Å²) in [7, 11) is 0. The second kappa shape index (κ2) is 4.49. The Bertz CT molecular complexity index is 546. The number of aromatic nitrogens is 4. The summed E-state index contributed by atoms with van der Waals surface area (Å²) in [6.45, 7) is 1.90. The number of tetrazole rings is 1. The van der Waals surface area contributed by atoms with E-state index in [9.17, 15) is 4.79 Å². The van der Waals surface area contributed by atoms with Gasteiger partial charge in [0.15, 0.2) is 5.82 Å². The van der Waals surface area contributed by atoms with E-state index in [1.165, 1.54) is 11.3 Å². The molecular formula is C11H13N5OS. The Morgan fingerprint density at radius 1 is 1.61 bits per heavy atom. The fourth-order valence-electron chi connectivity index (χ4n) is 1.80. The summed E-state index contributed by atoms with van der Waals surface area (Å²) in [6, 6.07) is 3.89. The van der Waals surface area contributed by atoms with Gasteiger partial charge in [0.25, 0.3) is 5.91 Å². The maximum Gasteiger partial charge on any atom is 0.261 e. The van der Waals surface area contributed by atoms with Gasteiger partial charge in [-0.25, -0.2) is 4.68 Å². The molecular weight excluding hydrogens is 250 g/mol. The van der Waals surface area contributed by atoms with Gasteiger partial charge in [0.1, 0.15) is 0 Å². The Morgan fingerprint density at radius 3 is 3.11 bits per heavy atom. The standard InChI is InChI=1S/C11H13N5OS/c1-7(12-11(17)9-3-2-6-18-9)10-13-14-15-16(10)8-4-5-8/h2-3,6-8H,4-5H2,1H3,(H,12,17)/t7-/m0/s1. The van der Waals surface area contributed by atoms with Gasteiger partial charge in [0, 0.05) is 0 Å². The summed E-state index contributed by atoms with van der Waals surface area (Å²) < 4.78 is 1.82. The van der Waals surface area contributed by atoms with Gasteiger partial charge in [0.05, 0.1) is 17.0 Å². The van der Waals surface area contributed by atoms with Crippen LogP contribution in [-0.2, 0) is 0 Å². The molecule has 2 heterocycles. The lowest BCUT2D eigenvalue weighted by molar-refractivity contribution is 0.0941. The van der Waals surface area contributed by atoms with Gasteiger partial charge < -0.3 is 5.32 Å². The zero-order valence-electron chi connectivity index (χ0n) is 9.91. The Kier molecular flexibility index (Phi) is 2.83. The molecule has 0 radical (unpaired) electrons. The maximum absolute atomic E-state index is 11.9. The summed E-state index contributed by atoms with van der Waals surface area (Å²) >= 11 is 1.42. The smallest absolute Gasteiger partial charge is 0.261 e. The first-order valence-electron chi connectivity index (χ1n) is 5.88. The molecule has 1 saturated carbocycles. The lowest BCUT2D eigenvalue weighted by Crippen LogP contribution is -2.28. The predicted molar refractivity (Wildman–Crippen MR) is 66.3 cm³/mol. The molecule has 1 N–H and O–H groups in total. The largest absolute Gasteiger partial charge is 0.342 e. The van der Waals surface area contributed by atoms with Gasteiger partial charge in [-0.05, 0) is 41.6 Å². The van der Waals surface area contributed by atoms with Gasteiger partial charge >= 0.3 is 0 Å². The predicted octanol–water partition coefficient (Wildman–Crippen LogP) is 1.56. The minimum absolute atomic E-state index is 0.0807. The van der Waals surface area contributed by atoms with Crippen molar-refractivity contribution in [3.63, 3.8) is 0 Å². The van der Waals surface area contributed by atoms with Gasteiger partial charge in [-0.2, -0.15) is 0 Å². The molecule has 0 bridgehead atoms. The second-order valence-electron chi connectivity index (χ2n) is 4.39. The van der Waals surface area contributed by atoms with Gasteiger partial charge in [0.2, 0.25) is 0 Å². The molecule has 2 aromatic heterocycles. The van der Waals surface area contributed by atoms with E-state index in [4.69, 9.17) is 0 Å². The monoisotopic (exact) mass is 263 g/mol. The molecule has 0 spiro atoms. The summed E-state index contributed by atoms with van der Waals surface area (Å²) in [5, 5.41) is 16.5. The highest BCUT2D eigenvalue weighted by atomic mass is 32.1. The molecule has 6 nitrogen and oxygen atoms in total. The van der Waals surface area contributed by atoms with Crippen molar-refractivity contribution in [1.82, 2.24) is 25.5 Å². The number of nitrogens with zero attached hydrogens (tertiary/aromatic N) is 4. The number of rotatable bonds is 4. The third kappa shape index (κ3) is 2.13. The van der Waals surface area contributed by atoms with Crippen LogP contribution >= 0.6 is 11.3 Å². The fourth-order valence-corrected chi connectivity index (χ4v) is 2.43. The summed E-state index contributed by atoms with van der Waals surface area (Å²) in [5.74, 6) is 0.644. The van der Waals surface area contributed by atoms with Crippen molar-refractivity contribution in [1.29, 1.82) is 0 Å². The number of nitrogens with one attached hydrogen (secondary N) is 1. The number of amides is 1. The van der Waals surface area contributed by atoms with Gasteiger partial charge in [-0.1, -0.05) is 6.07 Å². The van der Waals surface area contributed by atoms with Crippen LogP contribution in [0.3, 0.4) is 0 Å². The number of carbonyl (C=O) groups excluding carboxylic acids is 1. The van der Waals surface area contributed by atoms with Crippen molar-refractivity contribution in [2.45, 2.75) is 31.8 Å². The van der Waals surface area contributed by atoms with Crippen LogP contribution in [0.15, 0.2) is 17.5 Å². The SMILES string of the molecule is C[C@H](NC(=O)c1cccs1)c1nnnn1C1CC1. The van der Waals surface area contributed by atoms with Crippen LogP contribution in [0.4, 0.5) is 0 Å². The normalized spacial score (nSPS) is 16.5. The van der Waals surface area contributed by atoms with Crippen LogP contribution in [0.5, 0.6) is 0 Å². The van der Waals surface area contributed by atoms with Crippen LogP contribution in [-0.4, -0.2) is 26.1 Å². The molecule has 1 aliphatic carbocycles. The summed E-state index contributed by atoms with van der Waals surface area (Å²) in [5.41, 5.74) is 0. The van der Waals surface area contributed by atoms with Crippen LogP contribution < -0.4 is 5.32 Å². The topological polar surface area (TPSA) is 72.7 Å². The number of carbonyl (C=O) groups is 1. The van der Waals surface area contributed by atoms with E-state index in [1.807, 2.05) is 23.1 Å². The minimum Gasteiger partial charge on any atom is -0.342 e. The van der Waals surface area contributed by atoms with Crippen LogP contribution in [0.1, 0.15) is 47.3 Å². The lowest BCUT2D eigenvalue weighted by atomic mass is 10.3. The van der Waals surface area contributed by atoms with E-state index in [-0.39, 0.29) is 11.9 Å². The van der Waals surface area contributed by atoms with Crippen LogP contribution in [0, 0.1) is 0 Å². The van der Waals surface area contributed by atoms with E-state index < -0.39 is 0 Å². The van der Waals surface area contributed by atoms with E-state index in [2.05, 4.69) is 20.8 Å². The van der Waals surface area contributed by atoms with Crippen LogP contribution in [0.25, 0.3) is 0 Å². The molecule has 0 aromatic carbocycles. The van der Waals surface area contributed by atoms with Crippen molar-refractivity contribution >= 4 is 17.2 Å². The first-order chi connectivity index (χ1) is 8.75. The van der Waals surface area contributed by atoms with E-state index >= 15 is 0 Å². The molecule has 0 aliphatic heterocycles. The van der Waals surface area contributed by atoms with Crippen molar-refractivity contribution in [3.05, 3.63) is 28.2 Å². The summed E-state index contributed by atoms with van der Waals surface area (Å²) in [4.78, 5) is 12.6. The maximum atomic E-state index is 11.9. The average molecular weight is 263 g/mol. The molecule has 0 saturated heterocycles. The van der Waals surface area contributed by atoms with Gasteiger partial charge in [-0.15, -0.1) is 16.4 Å². The molecule has 3 rings (SSSR count). The van der Waals surface area contributed by atoms with Crippen molar-refractivity contribution < 1.29 is 4.79 Å². The molecule has 1 amide bonds. The summed E-state index contributed by atoms with van der Waals surface area (Å²) in [6.07, 6.45) is 2.23. The molecule has 94 valence electrons. The number of hydrogen-bond donors (Lipinski definition) is 1. The van der Waals surface area contributed by atoms with E-state index in [1.54, 1.807) is 6.07 Å². The molecule has 2 aromatic rings. The zero-order valence-corrected chi connectivity index (χ0v) is 10.7. The Hall–Kier alpha value is -1.76. The average Bonchev–Trinajstić information content (AvgIpc) is 2.90. The first-order valence-corrected chi connectivity index (χ1v) is 6.76. The molecule has 18 heavy (non-hydrogen) atoms. The Labute approximate surface area is 108 Å². The zero-order chi connectivity index (χ0) is 12.5. The van der Waals surface area contributed by atoms with Crippen molar-refractivity contribution in [3.8, 4) is 0 Å². The molecule has 1 aliphatic rings. The number of thiophene rings is 1. The second-order valence-corrected chi connectivity index (χ2v) is 5.33. The minimum atomic E-state index is -0.185. The Morgan fingerprint density at radius 2 is 2.44 bits per heavy atom. The van der Waals surface area contributed by atoms with E-state index in [0.29, 0.717) is 10.9 Å². The van der Waals surface area contributed by atoms with E-state index in [0.717, 1.165) is 18.7 Å². The van der Waals surface area contributed by atoms with Crippen molar-refractivity contribution in [2.75, 3.05) is 0 Å². The molecule has 1 atom stereocenters. The molecule has 1 fully saturated rings. The third-order valence-electron chi connectivity index (χ3n) is 2.89. The highest BCUT2D eigenvalue weighted by molar-refractivity contribution is 7.12. The quantitative estimate of drug-likeness (QED) is 0.908. The highest BCUT2D eigenvalue weighted by Gasteiger charge is 2.29. The van der Waals surface area contributed by atoms with Crippen LogP contribution in [0.2, 0.25) is 0 Å². The molecule has 7 heteroatoms. The molecule has 0 unspecified atom stereocenters. The van der Waals surface area contributed by atoms with Gasteiger partial charge in [-0.3, -0.25) is 4.79 Å². The fraction of sp³-hybridized carbons (Fsp3) is 0.455. The highest BCUT2D eigenvalue weighted by Crippen LogP contribution is 2.35. The number of hydrogen-bond acceptors (Lipinski definition) is 5. The third-order valence-corrected chi connectivity index (χ3v) is 3.76. The first kappa shape index (κ1) is 11.3.